The lowest BCUT2D eigenvalue weighted by atomic mass is 10.0. The van der Waals surface area contributed by atoms with Gasteiger partial charge in [0.15, 0.2) is 0 Å². The molecule has 22 N–H and O–H groups in total. The van der Waals surface area contributed by atoms with E-state index in [4.69, 9.17) is 21.7 Å². The summed E-state index contributed by atoms with van der Waals surface area (Å²) in [5.41, 5.74) is 17.3. The number of hydrogen-bond acceptors (Lipinski definition) is 23. The van der Waals surface area contributed by atoms with Crippen LogP contribution < -0.4 is 65.1 Å². The maximum absolute atomic E-state index is 15.1. The summed E-state index contributed by atoms with van der Waals surface area (Å²) in [7, 11) is -5.36. The maximum atomic E-state index is 15.1. The number of carbonyl (C=O) groups is 16. The number of rotatable bonds is 47. The lowest BCUT2D eigenvalue weighted by Gasteiger charge is -2.34. The van der Waals surface area contributed by atoms with Gasteiger partial charge in [0, 0.05) is 45.4 Å². The number of benzene rings is 1. The van der Waals surface area contributed by atoms with Gasteiger partial charge in [-0.15, -0.1) is 0 Å². The fraction of sp³-hybridized carbons (Fsp3) is 0.690. The zero-order chi connectivity index (χ0) is 84.0. The molecular weight excluding hydrogens is 1510 g/mol. The number of nitrogens with one attached hydrogen (secondary N) is 9. The number of likely N-dealkylation sites (tertiary alicyclic amines) is 4. The summed E-state index contributed by atoms with van der Waals surface area (Å²) < 4.78 is 16.9. The number of aliphatic hydroxyl groups is 2. The first-order valence-electron chi connectivity index (χ1n) is 38.2. The van der Waals surface area contributed by atoms with E-state index in [-0.39, 0.29) is 109 Å². The minimum absolute atomic E-state index is 0.00683. The second-order valence-electron chi connectivity index (χ2n) is 29.3. The normalized spacial score (nSPS) is 19.6. The molecule has 14 atom stereocenters. The highest BCUT2D eigenvalue weighted by molar-refractivity contribution is 7.46. The van der Waals surface area contributed by atoms with Gasteiger partial charge in [0.05, 0.1) is 19.8 Å². The molecule has 0 bridgehead atoms. The molecule has 1 aromatic carbocycles. The molecule has 4 aliphatic rings. The fourth-order valence-corrected chi connectivity index (χ4v) is 14.2. The third-order valence-electron chi connectivity index (χ3n) is 19.9. The molecule has 0 aromatic heterocycles. The van der Waals surface area contributed by atoms with Crippen LogP contribution in [0.2, 0.25) is 0 Å². The fourth-order valence-electron chi connectivity index (χ4n) is 13.9. The van der Waals surface area contributed by atoms with Crippen LogP contribution in [0.15, 0.2) is 30.3 Å². The molecule has 632 valence electrons. The minimum Gasteiger partial charge on any atom is -0.481 e. The number of amides is 13. The Balaban J connectivity index is 1.33. The maximum Gasteiger partial charge on any atom is 0.469 e. The number of unbranched alkanes of at least 4 members (excludes halogenated alkanes) is 2. The van der Waals surface area contributed by atoms with E-state index in [0.29, 0.717) is 44.2 Å². The average Bonchev–Trinajstić information content (AvgIpc) is 1.68. The molecule has 0 radical (unpaired) electrons. The summed E-state index contributed by atoms with van der Waals surface area (Å²) in [6.07, 6.45) is -0.0192. The second-order valence-corrected chi connectivity index (χ2v) is 30.6. The second kappa shape index (κ2) is 46.1. The number of phosphoric ester groups is 1. The highest BCUT2D eigenvalue weighted by Gasteiger charge is 2.47. The lowest BCUT2D eigenvalue weighted by Crippen LogP contribution is -2.61. The van der Waals surface area contributed by atoms with E-state index in [2.05, 4.69) is 47.9 Å². The first-order chi connectivity index (χ1) is 53.4. The molecule has 4 saturated heterocycles. The summed E-state index contributed by atoms with van der Waals surface area (Å²) in [6.45, 7) is 3.75. The van der Waals surface area contributed by atoms with Crippen LogP contribution in [-0.2, 0) is 92.2 Å². The number of nitrogens with two attached hydrogens (primary N) is 3. The molecule has 4 aliphatic heterocycles. The number of hydrogen-bond donors (Lipinski definition) is 19. The van der Waals surface area contributed by atoms with Gasteiger partial charge in [0.1, 0.15) is 84.6 Å². The number of nitrogens with zero attached hydrogens (tertiary/aromatic N) is 4. The van der Waals surface area contributed by atoms with Crippen molar-refractivity contribution in [3.8, 4) is 0 Å². The molecule has 0 aliphatic carbocycles. The van der Waals surface area contributed by atoms with Crippen LogP contribution in [0.4, 0.5) is 0 Å². The number of carboxylic acid groups (broad SMARTS) is 3. The van der Waals surface area contributed by atoms with Crippen LogP contribution >= 0.6 is 7.82 Å². The van der Waals surface area contributed by atoms with Crippen molar-refractivity contribution in [3.05, 3.63) is 35.9 Å². The molecule has 5 rings (SSSR count). The summed E-state index contributed by atoms with van der Waals surface area (Å²) in [6, 6.07) is -12.6. The highest BCUT2D eigenvalue weighted by Crippen LogP contribution is 2.36. The number of aliphatic carboxylic acids is 3. The van der Waals surface area contributed by atoms with Crippen molar-refractivity contribution >= 4 is 103 Å². The molecule has 4 fully saturated rings. The van der Waals surface area contributed by atoms with Crippen LogP contribution in [0.1, 0.15) is 155 Å². The van der Waals surface area contributed by atoms with Crippen LogP contribution in [0.25, 0.3) is 0 Å². The zero-order valence-electron chi connectivity index (χ0n) is 64.1. The Hall–Kier alpha value is -9.35. The monoisotopic (exact) mass is 1620 g/mol. The van der Waals surface area contributed by atoms with Crippen molar-refractivity contribution in [2.45, 2.75) is 241 Å². The number of aliphatic hydroxyl groups excluding tert-OH is 2. The Morgan fingerprint density at radius 3 is 1.35 bits per heavy atom. The highest BCUT2D eigenvalue weighted by atomic mass is 31.2. The van der Waals surface area contributed by atoms with Crippen LogP contribution in [0, 0.1) is 11.8 Å². The predicted octanol–water partition coefficient (Wildman–Crippen LogP) is -5.25. The van der Waals surface area contributed by atoms with E-state index in [0.717, 1.165) is 9.80 Å². The Morgan fingerprint density at radius 2 is 0.867 bits per heavy atom. The SMILES string of the molecule is CC(C)C[C@H](NC(=O)[C@@H]1CCCN1C(=O)[C@H](Cc1ccccc1)NC(=O)[C@H](CCC(=O)O)NC(=O)[C@@H]1CCCN1C(=O)[C@@H](NC(=O)[C@H](CO)NC(=O)[C@H](CCC(=O)O)NC(=O)[C@H](CCCCN)NC(=O)[C@@H](N)CO)C(C)C)C(=O)N[C@@H](COP(=O)(O)O)C(=O)N1CCC[C@H]1C(=O)N1CCC[C@H]1C(=O)N[C@@H](CCCCN)C(=O)O. The number of phosphoric acid groups is 1. The van der Waals surface area contributed by atoms with Crippen LogP contribution in [0.3, 0.4) is 0 Å². The molecule has 1 aromatic rings. The van der Waals surface area contributed by atoms with Crippen LogP contribution in [0.5, 0.6) is 0 Å². The van der Waals surface area contributed by atoms with Gasteiger partial charge in [-0.3, -0.25) is 76.4 Å². The molecule has 0 saturated carbocycles. The van der Waals surface area contributed by atoms with Crippen molar-refractivity contribution in [3.63, 3.8) is 0 Å². The molecule has 113 heavy (non-hydrogen) atoms. The number of carboxylic acids is 3. The molecule has 0 spiro atoms. The third-order valence-corrected chi connectivity index (χ3v) is 20.4. The van der Waals surface area contributed by atoms with E-state index in [1.807, 2.05) is 0 Å². The Kier molecular flexibility index (Phi) is 38.5. The predicted molar refractivity (Wildman–Crippen MR) is 398 cm³/mol. The first-order valence-corrected chi connectivity index (χ1v) is 39.7. The van der Waals surface area contributed by atoms with Gasteiger partial charge in [-0.1, -0.05) is 58.0 Å². The van der Waals surface area contributed by atoms with E-state index < -0.39 is 239 Å². The smallest absolute Gasteiger partial charge is 0.469 e. The van der Waals surface area contributed by atoms with Gasteiger partial charge in [-0.2, -0.15) is 0 Å². The van der Waals surface area contributed by atoms with Gasteiger partial charge in [0.25, 0.3) is 0 Å². The van der Waals surface area contributed by atoms with Gasteiger partial charge in [-0.25, -0.2) is 9.36 Å². The molecule has 41 nitrogen and oxygen atoms in total. The van der Waals surface area contributed by atoms with Gasteiger partial charge < -0.3 is 120 Å². The standard InChI is InChI=1S/C71H113N16O25P/c1-39(2)34-47(62(98)82-50(38-112-113(109,110)111)68(104)87-33-15-23-54(87)69(105)85-31-13-21-52(85)65(101)78-46(71(107)108)19-9-11-29-73)79-66(102)51-20-12-30-84(51)67(103)48(35-41-16-6-5-7-17-41)80-60(96)45(25-27-56(92)93)77-64(100)53-22-14-32-86(53)70(106)57(40(3)4)83-63(99)49(37-89)81-61(97)44(24-26-55(90)91)76-59(95)43(18-8-10-28-72)75-58(94)42(74)36-88/h5-7,16-17,39-40,42-54,57,88-89H,8-15,18-38,72-74H2,1-4H3,(H,75,94)(H,76,95)(H,77,100)(H,78,101)(H,79,102)(H,80,96)(H,81,97)(H,82,98)(H,83,99)(H,90,91)(H,92,93)(H,107,108)(H2,109,110,111)/t42-,43-,44-,45-,46-,47-,48-,49-,50-,51-,52-,53-,54-,57-/m0/s1. The van der Waals surface area contributed by atoms with E-state index in [1.54, 1.807) is 44.2 Å². The Morgan fingerprint density at radius 1 is 0.469 bits per heavy atom. The van der Waals surface area contributed by atoms with Crippen molar-refractivity contribution in [1.82, 2.24) is 67.5 Å². The molecule has 0 unspecified atom stereocenters. The summed E-state index contributed by atoms with van der Waals surface area (Å²) >= 11 is 0. The molecule has 42 heteroatoms. The van der Waals surface area contributed by atoms with E-state index in [1.165, 1.54) is 23.6 Å². The summed E-state index contributed by atoms with van der Waals surface area (Å²) in [5.74, 6) is -17.5. The quantitative estimate of drug-likeness (QED) is 0.0214. The van der Waals surface area contributed by atoms with Crippen molar-refractivity contribution < 1.29 is 121 Å². The third kappa shape index (κ3) is 29.2. The zero-order valence-corrected chi connectivity index (χ0v) is 65.0. The molecule has 13 amide bonds. The Labute approximate surface area is 653 Å². The van der Waals surface area contributed by atoms with Crippen molar-refractivity contribution in [2.75, 3.05) is 59.1 Å². The topological polar surface area (TPSA) is 640 Å². The van der Waals surface area contributed by atoms with Crippen molar-refractivity contribution in [1.29, 1.82) is 0 Å². The molecule has 4 heterocycles. The largest absolute Gasteiger partial charge is 0.481 e. The first kappa shape index (κ1) is 94.2. The van der Waals surface area contributed by atoms with E-state index in [9.17, 15) is 112 Å². The van der Waals surface area contributed by atoms with Gasteiger partial charge >= 0.3 is 25.7 Å². The van der Waals surface area contributed by atoms with Gasteiger partial charge in [-0.05, 0) is 140 Å². The van der Waals surface area contributed by atoms with Crippen molar-refractivity contribution in [2.24, 2.45) is 29.0 Å². The summed E-state index contributed by atoms with van der Waals surface area (Å²) in [5, 5.41) is 71.4. The average molecular weight is 1620 g/mol. The Bertz CT molecular complexity index is 3540. The number of carbonyl (C=O) groups excluding carboxylic acids is 13. The van der Waals surface area contributed by atoms with Crippen LogP contribution in [-0.4, -0.2) is 293 Å². The lowest BCUT2D eigenvalue weighted by molar-refractivity contribution is -0.149. The van der Waals surface area contributed by atoms with Gasteiger partial charge in [0.2, 0.25) is 76.8 Å². The minimum atomic E-state index is -5.36. The molecular formula is C71H113N16O25P. The summed E-state index contributed by atoms with van der Waals surface area (Å²) in [4.78, 5) is 245. The van der Waals surface area contributed by atoms with E-state index >= 15 is 4.79 Å².